The van der Waals surface area contributed by atoms with Crippen molar-refractivity contribution in [2.75, 3.05) is 0 Å². The molecule has 1 unspecified atom stereocenters. The van der Waals surface area contributed by atoms with E-state index in [-0.39, 0.29) is 0 Å². The summed E-state index contributed by atoms with van der Waals surface area (Å²) >= 11 is -0.925. The molecule has 0 aliphatic carbocycles. The molecule has 0 aliphatic heterocycles. The Hall–Kier alpha value is 0.492. The highest BCUT2D eigenvalue weighted by Crippen LogP contribution is 2.17. The largest absolute Gasteiger partial charge is 0.498 e. The molecular formula is C12H27AlO. The predicted octanol–water partition coefficient (Wildman–Crippen LogP) is 4.11. The lowest BCUT2D eigenvalue weighted by Gasteiger charge is -2.21. The van der Waals surface area contributed by atoms with Gasteiger partial charge < -0.3 is 3.79 Å². The zero-order valence-corrected chi connectivity index (χ0v) is 12.0. The zero-order chi connectivity index (χ0) is 11.1. The summed E-state index contributed by atoms with van der Waals surface area (Å²) in [6.45, 7) is 13.6. The van der Waals surface area contributed by atoms with Crippen molar-refractivity contribution in [3.63, 3.8) is 0 Å². The van der Waals surface area contributed by atoms with Crippen LogP contribution in [-0.4, -0.2) is 20.6 Å². The Kier molecular flexibility index (Phi) is 8.01. The molecular weight excluding hydrogens is 187 g/mol. The van der Waals surface area contributed by atoms with E-state index in [1.54, 1.807) is 0 Å². The lowest BCUT2D eigenvalue weighted by molar-refractivity contribution is 0.212. The van der Waals surface area contributed by atoms with Crippen LogP contribution in [-0.2, 0) is 3.79 Å². The Morgan fingerprint density at radius 3 is 1.64 bits per heavy atom. The van der Waals surface area contributed by atoms with Gasteiger partial charge in [0.1, 0.15) is 0 Å². The molecule has 0 bridgehead atoms. The first kappa shape index (κ1) is 14.5. The van der Waals surface area contributed by atoms with Gasteiger partial charge in [-0.3, -0.25) is 0 Å². The molecule has 0 saturated heterocycles. The molecule has 0 N–H and O–H groups in total. The van der Waals surface area contributed by atoms with Crippen LogP contribution in [0.4, 0.5) is 0 Å². The Labute approximate surface area is 95.0 Å². The SMILES string of the molecule is CCC(C)[O][Al]([CH2]C(C)C)[CH2]C(C)C. The summed E-state index contributed by atoms with van der Waals surface area (Å²) in [6, 6.07) is 0. The molecule has 0 aromatic heterocycles. The number of hydrogen-bond acceptors (Lipinski definition) is 1. The molecule has 0 spiro atoms. The predicted molar refractivity (Wildman–Crippen MR) is 65.9 cm³/mol. The molecule has 2 heteroatoms. The summed E-state index contributed by atoms with van der Waals surface area (Å²) in [5.74, 6) is 1.60. The topological polar surface area (TPSA) is 9.23 Å². The highest BCUT2D eigenvalue weighted by Gasteiger charge is 2.24. The van der Waals surface area contributed by atoms with Crippen molar-refractivity contribution in [2.45, 2.75) is 64.6 Å². The fraction of sp³-hybridized carbons (Fsp3) is 1.00. The van der Waals surface area contributed by atoms with Crippen molar-refractivity contribution >= 4 is 14.5 Å². The molecule has 84 valence electrons. The monoisotopic (exact) mass is 214 g/mol. The molecule has 0 heterocycles. The van der Waals surface area contributed by atoms with Gasteiger partial charge in [-0.2, -0.15) is 0 Å². The molecule has 0 rings (SSSR count). The Morgan fingerprint density at radius 1 is 0.929 bits per heavy atom. The Morgan fingerprint density at radius 2 is 1.36 bits per heavy atom. The van der Waals surface area contributed by atoms with Crippen molar-refractivity contribution < 1.29 is 3.79 Å². The average molecular weight is 214 g/mol. The van der Waals surface area contributed by atoms with Crippen LogP contribution < -0.4 is 0 Å². The lowest BCUT2D eigenvalue weighted by atomic mass is 10.3. The van der Waals surface area contributed by atoms with Gasteiger partial charge in [-0.1, -0.05) is 57.0 Å². The highest BCUT2D eigenvalue weighted by atomic mass is 27.2. The summed E-state index contributed by atoms with van der Waals surface area (Å²) in [7, 11) is 0. The van der Waals surface area contributed by atoms with Gasteiger partial charge >= 0.3 is 14.5 Å². The van der Waals surface area contributed by atoms with Gasteiger partial charge in [0.2, 0.25) is 0 Å². The van der Waals surface area contributed by atoms with Crippen LogP contribution >= 0.6 is 0 Å². The van der Waals surface area contributed by atoms with Crippen LogP contribution in [0, 0.1) is 11.8 Å². The second-order valence-electron chi connectivity index (χ2n) is 5.24. The van der Waals surface area contributed by atoms with Crippen LogP contribution in [0.2, 0.25) is 10.6 Å². The summed E-state index contributed by atoms with van der Waals surface area (Å²) < 4.78 is 6.16. The van der Waals surface area contributed by atoms with E-state index in [1.807, 2.05) is 0 Å². The average Bonchev–Trinajstić information content (AvgIpc) is 2.01. The molecule has 0 fully saturated rings. The normalized spacial score (nSPS) is 13.7. The quantitative estimate of drug-likeness (QED) is 0.580. The maximum Gasteiger partial charge on any atom is 0.461 e. The first-order chi connectivity index (χ1) is 6.45. The molecule has 0 radical (unpaired) electrons. The summed E-state index contributed by atoms with van der Waals surface area (Å²) in [5, 5.41) is 2.67. The lowest BCUT2D eigenvalue weighted by Crippen LogP contribution is -2.26. The fourth-order valence-electron chi connectivity index (χ4n) is 1.68. The van der Waals surface area contributed by atoms with Crippen molar-refractivity contribution in [2.24, 2.45) is 11.8 Å². The minimum atomic E-state index is -0.925. The first-order valence-electron chi connectivity index (χ1n) is 6.11. The molecule has 14 heavy (non-hydrogen) atoms. The van der Waals surface area contributed by atoms with Crippen LogP contribution in [0.3, 0.4) is 0 Å². The van der Waals surface area contributed by atoms with Gasteiger partial charge in [0.15, 0.2) is 0 Å². The zero-order valence-electron chi connectivity index (χ0n) is 10.8. The molecule has 0 aromatic carbocycles. The van der Waals surface area contributed by atoms with Gasteiger partial charge in [-0.25, -0.2) is 0 Å². The standard InChI is InChI=1S/C4H9O.2C4H9.Al/c1-3-4(2)5;2*1-4(2)3;/h4H,3H2,1-2H3;2*4H,1H2,2-3H3;/q-1;;;+1. The third kappa shape index (κ3) is 7.86. The third-order valence-electron chi connectivity index (χ3n) is 2.47. The minimum absolute atomic E-state index is 0.476. The molecule has 1 nitrogen and oxygen atoms in total. The minimum Gasteiger partial charge on any atom is -0.498 e. The van der Waals surface area contributed by atoms with Gasteiger partial charge in [-0.15, -0.1) is 0 Å². The Balaban J connectivity index is 3.96. The van der Waals surface area contributed by atoms with Gasteiger partial charge in [0.05, 0.1) is 0 Å². The van der Waals surface area contributed by atoms with Crippen molar-refractivity contribution in [1.82, 2.24) is 0 Å². The van der Waals surface area contributed by atoms with E-state index in [0.717, 1.165) is 18.3 Å². The van der Waals surface area contributed by atoms with E-state index < -0.39 is 14.5 Å². The van der Waals surface area contributed by atoms with E-state index in [0.29, 0.717) is 6.10 Å². The van der Waals surface area contributed by atoms with Crippen molar-refractivity contribution in [1.29, 1.82) is 0 Å². The number of hydrogen-bond donors (Lipinski definition) is 0. The highest BCUT2D eigenvalue weighted by molar-refractivity contribution is 6.52. The van der Waals surface area contributed by atoms with Crippen molar-refractivity contribution in [3.05, 3.63) is 0 Å². The van der Waals surface area contributed by atoms with Crippen LogP contribution in [0.5, 0.6) is 0 Å². The van der Waals surface area contributed by atoms with Crippen molar-refractivity contribution in [3.8, 4) is 0 Å². The second-order valence-corrected chi connectivity index (χ2v) is 7.70. The first-order valence-corrected chi connectivity index (χ1v) is 8.21. The maximum atomic E-state index is 6.16. The maximum absolute atomic E-state index is 6.16. The molecule has 0 saturated carbocycles. The van der Waals surface area contributed by atoms with E-state index in [9.17, 15) is 0 Å². The molecule has 1 atom stereocenters. The third-order valence-corrected chi connectivity index (χ3v) is 6.25. The molecule has 0 amide bonds. The second kappa shape index (κ2) is 7.74. The van der Waals surface area contributed by atoms with E-state index in [4.69, 9.17) is 3.79 Å². The number of rotatable bonds is 7. The van der Waals surface area contributed by atoms with Gasteiger partial charge in [0.25, 0.3) is 0 Å². The van der Waals surface area contributed by atoms with Crippen LogP contribution in [0.25, 0.3) is 0 Å². The summed E-state index contributed by atoms with van der Waals surface area (Å²) in [6.07, 6.45) is 1.63. The van der Waals surface area contributed by atoms with Crippen LogP contribution in [0.15, 0.2) is 0 Å². The van der Waals surface area contributed by atoms with E-state index in [1.165, 1.54) is 10.6 Å². The van der Waals surface area contributed by atoms with Gasteiger partial charge in [0, 0.05) is 6.10 Å². The van der Waals surface area contributed by atoms with E-state index in [2.05, 4.69) is 41.5 Å². The summed E-state index contributed by atoms with van der Waals surface area (Å²) in [5.41, 5.74) is 0. The Bertz CT molecular complexity index is 124. The van der Waals surface area contributed by atoms with Gasteiger partial charge in [-0.05, 0) is 13.3 Å². The van der Waals surface area contributed by atoms with E-state index >= 15 is 0 Å². The fourth-order valence-corrected chi connectivity index (χ4v) is 5.05. The smallest absolute Gasteiger partial charge is 0.461 e. The van der Waals surface area contributed by atoms with Crippen LogP contribution in [0.1, 0.15) is 48.0 Å². The molecule has 0 aliphatic rings. The molecule has 0 aromatic rings. The summed E-state index contributed by atoms with van der Waals surface area (Å²) in [4.78, 5) is 0.